The van der Waals surface area contributed by atoms with Crippen molar-refractivity contribution in [3.8, 4) is 0 Å². The fourth-order valence-electron chi connectivity index (χ4n) is 2.99. The Morgan fingerprint density at radius 3 is 2.96 bits per heavy atom. The molecule has 1 amide bonds. The largest absolute Gasteiger partial charge is 0.361 e. The van der Waals surface area contributed by atoms with Crippen molar-refractivity contribution in [2.24, 2.45) is 5.92 Å². The first-order chi connectivity index (χ1) is 11.2. The van der Waals surface area contributed by atoms with Gasteiger partial charge in [0.15, 0.2) is 0 Å². The number of aromatic nitrogens is 3. The van der Waals surface area contributed by atoms with Crippen molar-refractivity contribution in [1.82, 2.24) is 19.7 Å². The molecule has 3 aromatic rings. The van der Waals surface area contributed by atoms with Gasteiger partial charge in [0.2, 0.25) is 0 Å². The number of nitrogens with one attached hydrogen (secondary N) is 1. The number of rotatable bonds is 3. The summed E-state index contributed by atoms with van der Waals surface area (Å²) in [5.41, 5.74) is 1.62. The highest BCUT2D eigenvalue weighted by Gasteiger charge is 2.31. The molecule has 23 heavy (non-hydrogen) atoms. The van der Waals surface area contributed by atoms with Gasteiger partial charge in [-0.1, -0.05) is 0 Å². The monoisotopic (exact) mass is 308 g/mol. The quantitative estimate of drug-likeness (QED) is 0.797. The maximum absolute atomic E-state index is 12.5. The average Bonchev–Trinajstić information content (AvgIpc) is 2.99. The molecule has 0 bridgehead atoms. The predicted molar refractivity (Wildman–Crippen MR) is 86.2 cm³/mol. The molecule has 1 fully saturated rings. The molecule has 1 aliphatic rings. The summed E-state index contributed by atoms with van der Waals surface area (Å²) in [5, 5.41) is 5.09. The van der Waals surface area contributed by atoms with Crippen LogP contribution in [0.15, 0.2) is 53.6 Å². The maximum Gasteiger partial charge on any atom is 0.266 e. The molecule has 0 unspecified atom stereocenters. The first-order valence-electron chi connectivity index (χ1n) is 7.59. The number of H-pyrrole nitrogens is 1. The molecule has 1 aliphatic heterocycles. The van der Waals surface area contributed by atoms with Crippen LogP contribution in [-0.4, -0.2) is 38.7 Å². The molecule has 6 heteroatoms. The summed E-state index contributed by atoms with van der Waals surface area (Å²) < 4.78 is 1.46. The molecule has 116 valence electrons. The topological polar surface area (TPSA) is 71.0 Å². The van der Waals surface area contributed by atoms with Crippen LogP contribution in [-0.2, 0) is 6.54 Å². The zero-order chi connectivity index (χ0) is 15.8. The molecule has 6 nitrogen and oxygen atoms in total. The molecule has 1 aromatic carbocycles. The minimum Gasteiger partial charge on any atom is -0.361 e. The van der Waals surface area contributed by atoms with Crippen LogP contribution in [0.2, 0.25) is 0 Å². The van der Waals surface area contributed by atoms with Gasteiger partial charge in [-0.25, -0.2) is 4.68 Å². The predicted octanol–water partition coefficient (Wildman–Crippen LogP) is 1.50. The van der Waals surface area contributed by atoms with Crippen molar-refractivity contribution in [2.75, 3.05) is 13.1 Å². The Bertz CT molecular complexity index is 921. The fourth-order valence-corrected chi connectivity index (χ4v) is 2.99. The lowest BCUT2D eigenvalue weighted by Crippen LogP contribution is -2.52. The van der Waals surface area contributed by atoms with Gasteiger partial charge in [0.25, 0.3) is 11.5 Å². The molecule has 0 saturated carbocycles. The lowest BCUT2D eigenvalue weighted by atomic mass is 9.98. The summed E-state index contributed by atoms with van der Waals surface area (Å²) in [4.78, 5) is 29.1. The van der Waals surface area contributed by atoms with E-state index in [1.165, 1.54) is 10.7 Å². The van der Waals surface area contributed by atoms with E-state index < -0.39 is 0 Å². The Morgan fingerprint density at radius 1 is 1.26 bits per heavy atom. The van der Waals surface area contributed by atoms with E-state index in [0.29, 0.717) is 25.2 Å². The number of amides is 1. The summed E-state index contributed by atoms with van der Waals surface area (Å²) in [6, 6.07) is 10.8. The molecular weight excluding hydrogens is 292 g/mol. The average molecular weight is 308 g/mol. The Kier molecular flexibility index (Phi) is 3.22. The normalized spacial score (nSPS) is 14.9. The second kappa shape index (κ2) is 5.39. The highest BCUT2D eigenvalue weighted by atomic mass is 16.2. The second-order valence-electron chi connectivity index (χ2n) is 5.90. The van der Waals surface area contributed by atoms with Crippen LogP contribution < -0.4 is 5.56 Å². The van der Waals surface area contributed by atoms with Gasteiger partial charge in [0.05, 0.1) is 6.54 Å². The Balaban J connectivity index is 1.42. The first-order valence-corrected chi connectivity index (χ1v) is 7.59. The highest BCUT2D eigenvalue weighted by Crippen LogP contribution is 2.21. The molecule has 0 atom stereocenters. The van der Waals surface area contributed by atoms with Gasteiger partial charge in [-0.05, 0) is 30.3 Å². The number of aromatic amines is 1. The molecule has 1 N–H and O–H groups in total. The maximum atomic E-state index is 12.5. The number of hydrogen-bond acceptors (Lipinski definition) is 3. The third-order valence-electron chi connectivity index (χ3n) is 4.26. The third-order valence-corrected chi connectivity index (χ3v) is 4.26. The zero-order valence-corrected chi connectivity index (χ0v) is 12.5. The number of likely N-dealkylation sites (tertiary alicyclic amines) is 1. The lowest BCUT2D eigenvalue weighted by molar-refractivity contribution is 0.0458. The van der Waals surface area contributed by atoms with Crippen molar-refractivity contribution >= 4 is 16.8 Å². The second-order valence-corrected chi connectivity index (χ2v) is 5.90. The van der Waals surface area contributed by atoms with Crippen LogP contribution in [0.3, 0.4) is 0 Å². The third kappa shape index (κ3) is 2.52. The van der Waals surface area contributed by atoms with Crippen molar-refractivity contribution in [1.29, 1.82) is 0 Å². The fraction of sp³-hybridized carbons (Fsp3) is 0.235. The number of carbonyl (C=O) groups excluding carboxylic acids is 1. The highest BCUT2D eigenvalue weighted by molar-refractivity contribution is 5.98. The van der Waals surface area contributed by atoms with E-state index in [-0.39, 0.29) is 17.4 Å². The van der Waals surface area contributed by atoms with Gasteiger partial charge in [0.1, 0.15) is 0 Å². The number of fused-ring (bicyclic) bond motifs is 1. The van der Waals surface area contributed by atoms with Crippen molar-refractivity contribution < 1.29 is 4.79 Å². The Labute approximate surface area is 132 Å². The van der Waals surface area contributed by atoms with E-state index in [1.807, 2.05) is 35.4 Å². The van der Waals surface area contributed by atoms with E-state index >= 15 is 0 Å². The standard InChI is InChI=1S/C17H16N4O2/c22-16-2-1-6-19-21(16)11-12-9-20(10-12)17(23)14-3-4-15-13(8-14)5-7-18-15/h1-8,12,18H,9-11H2. The number of nitrogens with zero attached hydrogens (tertiary/aromatic N) is 3. The summed E-state index contributed by atoms with van der Waals surface area (Å²) in [6.45, 7) is 1.88. The van der Waals surface area contributed by atoms with Gasteiger partial charge < -0.3 is 9.88 Å². The van der Waals surface area contributed by atoms with Crippen LogP contribution in [0.5, 0.6) is 0 Å². The summed E-state index contributed by atoms with van der Waals surface area (Å²) >= 11 is 0. The summed E-state index contributed by atoms with van der Waals surface area (Å²) in [5.74, 6) is 0.320. The molecule has 2 aromatic heterocycles. The molecule has 1 saturated heterocycles. The molecule has 4 rings (SSSR count). The van der Waals surface area contributed by atoms with Gasteiger partial charge in [-0.15, -0.1) is 0 Å². The van der Waals surface area contributed by atoms with Crippen LogP contribution in [0, 0.1) is 5.92 Å². The minimum atomic E-state index is -0.102. The molecule has 3 heterocycles. The molecular formula is C17H16N4O2. The van der Waals surface area contributed by atoms with Gasteiger partial charge in [-0.2, -0.15) is 5.10 Å². The van der Waals surface area contributed by atoms with E-state index in [9.17, 15) is 9.59 Å². The van der Waals surface area contributed by atoms with Crippen LogP contribution in [0.1, 0.15) is 10.4 Å². The molecule has 0 radical (unpaired) electrons. The Hall–Kier alpha value is -2.89. The Morgan fingerprint density at radius 2 is 2.13 bits per heavy atom. The van der Waals surface area contributed by atoms with E-state index in [0.717, 1.165) is 10.9 Å². The van der Waals surface area contributed by atoms with Crippen molar-refractivity contribution in [3.05, 3.63) is 64.7 Å². The summed E-state index contributed by atoms with van der Waals surface area (Å²) in [7, 11) is 0. The smallest absolute Gasteiger partial charge is 0.266 e. The SMILES string of the molecule is O=C(c1ccc2[nH]ccc2c1)N1CC(Cn2ncccc2=O)C1. The van der Waals surface area contributed by atoms with Crippen LogP contribution in [0.25, 0.3) is 10.9 Å². The summed E-state index contributed by atoms with van der Waals surface area (Å²) in [6.07, 6.45) is 3.47. The number of benzene rings is 1. The molecule has 0 spiro atoms. The zero-order valence-electron chi connectivity index (χ0n) is 12.5. The van der Waals surface area contributed by atoms with Crippen molar-refractivity contribution in [2.45, 2.75) is 6.54 Å². The van der Waals surface area contributed by atoms with E-state index in [1.54, 1.807) is 12.3 Å². The molecule has 0 aliphatic carbocycles. The number of carbonyl (C=O) groups is 1. The van der Waals surface area contributed by atoms with Crippen LogP contribution in [0.4, 0.5) is 0 Å². The number of hydrogen-bond donors (Lipinski definition) is 1. The van der Waals surface area contributed by atoms with Crippen LogP contribution >= 0.6 is 0 Å². The minimum absolute atomic E-state index is 0.0396. The lowest BCUT2D eigenvalue weighted by Gasteiger charge is -2.39. The van der Waals surface area contributed by atoms with Gasteiger partial charge in [-0.3, -0.25) is 9.59 Å². The van der Waals surface area contributed by atoms with E-state index in [2.05, 4.69) is 10.1 Å². The van der Waals surface area contributed by atoms with Gasteiger partial charge in [0, 0.05) is 53.9 Å². The van der Waals surface area contributed by atoms with Gasteiger partial charge >= 0.3 is 0 Å². The van der Waals surface area contributed by atoms with E-state index in [4.69, 9.17) is 0 Å². The first kappa shape index (κ1) is 13.8. The van der Waals surface area contributed by atoms with Crippen molar-refractivity contribution in [3.63, 3.8) is 0 Å².